The van der Waals surface area contributed by atoms with Gasteiger partial charge in [0.25, 0.3) is 5.91 Å². The van der Waals surface area contributed by atoms with Crippen molar-refractivity contribution < 1.29 is 88.7 Å². The fourth-order valence-electron chi connectivity index (χ4n) is 16.0. The molecule has 0 radical (unpaired) electrons. The van der Waals surface area contributed by atoms with E-state index in [4.69, 9.17) is 43.5 Å². The number of carbonyl (C=O) groups is 8. The highest BCUT2D eigenvalue weighted by molar-refractivity contribution is 7.91. The third-order valence-electron chi connectivity index (χ3n) is 23.7. The minimum atomic E-state index is -4.03. The first-order valence-electron chi connectivity index (χ1n) is 41.4. The van der Waals surface area contributed by atoms with E-state index in [1.54, 1.807) is 116 Å². The molecule has 8 aliphatic rings. The molecule has 7 amide bonds. The van der Waals surface area contributed by atoms with Crippen LogP contribution in [0.5, 0.6) is 23.0 Å². The molecule has 2 aliphatic heterocycles. The van der Waals surface area contributed by atoms with Crippen LogP contribution in [-0.2, 0) is 58.3 Å². The number of pyridine rings is 2. The second kappa shape index (κ2) is 34.1. The molecule has 29 nitrogen and oxygen atoms in total. The summed E-state index contributed by atoms with van der Waals surface area (Å²) < 4.78 is 85.6. The number of hydrogen-bond donors (Lipinski definition) is 7. The lowest BCUT2D eigenvalue weighted by Gasteiger charge is -2.36. The molecule has 14 rings (SSSR count). The van der Waals surface area contributed by atoms with Gasteiger partial charge in [0, 0.05) is 70.8 Å². The number of alkyl carbamates (subject to hydrolysis) is 2. The van der Waals surface area contributed by atoms with Crippen LogP contribution in [0.15, 0.2) is 135 Å². The molecule has 4 aromatic carbocycles. The predicted molar refractivity (Wildman–Crippen MR) is 457 cm³/mol. The molecule has 2 aromatic heterocycles. The van der Waals surface area contributed by atoms with Gasteiger partial charge in [0.05, 0.1) is 59.2 Å². The number of carboxylic acids is 1. The van der Waals surface area contributed by atoms with E-state index in [0.717, 1.165) is 43.2 Å². The van der Waals surface area contributed by atoms with E-state index in [2.05, 4.69) is 39.1 Å². The zero-order valence-electron chi connectivity index (χ0n) is 71.5. The molecular weight excluding hydrogens is 1590 g/mol. The van der Waals surface area contributed by atoms with E-state index in [-0.39, 0.29) is 38.8 Å². The van der Waals surface area contributed by atoms with Crippen molar-refractivity contribution in [2.24, 2.45) is 39.6 Å². The lowest BCUT2D eigenvalue weighted by Crippen LogP contribution is -2.60. The number of aliphatic carboxylic acids is 1. The van der Waals surface area contributed by atoms with Gasteiger partial charge in [0.15, 0.2) is 0 Å². The summed E-state index contributed by atoms with van der Waals surface area (Å²) in [6.45, 7) is 28.6. The number of rotatable bonds is 27. The highest BCUT2D eigenvalue weighted by Gasteiger charge is 2.65. The fourth-order valence-corrected chi connectivity index (χ4v) is 18.9. The molecule has 31 heteroatoms. The van der Waals surface area contributed by atoms with Crippen LogP contribution in [0.3, 0.4) is 0 Å². The first-order chi connectivity index (χ1) is 56.7. The number of nitrogens with zero attached hydrogens (tertiary/aromatic N) is 4. The SMILES string of the molecule is C=CC1C[C@]1(NC(=O)[C@@H]1C[C@@H](Oc2cc(-c3ccccc3)nc3cc(OC)ccc23)CN1C(=O)[C@@H](NC(=O)OC(C)(C)C)C(C)(C)C)C(=O)NS(=O)(=O)C1(CC2CC2)CC1.C=CC1C[C@]1(NC(=O)[C@@H]1C[C@@H](Oc2cc(-c3ccccc3)nc3cc(OC)ccc23)CN1C(=O)[C@@H](NC(=O)OC(C)(C)C)C(C)(C)C)C(=O)O.NS(=O)(=O)C1(CC2CC2)CC1. The Balaban J connectivity index is 0.000000198. The van der Waals surface area contributed by atoms with E-state index in [0.29, 0.717) is 87.3 Å². The third kappa shape index (κ3) is 20.9. The quantitative estimate of drug-likeness (QED) is 0.0236. The highest BCUT2D eigenvalue weighted by Crippen LogP contribution is 2.55. The van der Waals surface area contributed by atoms with Crippen LogP contribution in [0.2, 0.25) is 0 Å². The lowest BCUT2D eigenvalue weighted by atomic mass is 9.85. The van der Waals surface area contributed by atoms with Crippen LogP contribution in [-0.4, -0.2) is 185 Å². The Morgan fingerprint density at radius 1 is 0.554 bits per heavy atom. The van der Waals surface area contributed by atoms with Crippen molar-refractivity contribution in [2.45, 2.75) is 241 Å². The molecule has 652 valence electrons. The van der Waals surface area contributed by atoms with Crippen molar-refractivity contribution in [1.29, 1.82) is 0 Å². The van der Waals surface area contributed by atoms with Gasteiger partial charge in [-0.1, -0.05) is 140 Å². The van der Waals surface area contributed by atoms with Gasteiger partial charge >= 0.3 is 18.2 Å². The molecule has 4 heterocycles. The summed E-state index contributed by atoms with van der Waals surface area (Å²) in [6.07, 6.45) is 8.72. The third-order valence-corrected chi connectivity index (χ3v) is 27.7. The van der Waals surface area contributed by atoms with Crippen molar-refractivity contribution in [3.8, 4) is 45.5 Å². The molecule has 2 saturated heterocycles. The van der Waals surface area contributed by atoms with Crippen molar-refractivity contribution in [1.82, 2.24) is 45.8 Å². The van der Waals surface area contributed by atoms with Crippen LogP contribution in [0.25, 0.3) is 44.3 Å². The van der Waals surface area contributed by atoms with Gasteiger partial charge in [-0.3, -0.25) is 28.7 Å². The van der Waals surface area contributed by atoms with Gasteiger partial charge in [-0.25, -0.2) is 46.3 Å². The van der Waals surface area contributed by atoms with Gasteiger partial charge in [0.1, 0.15) is 81.7 Å². The number of aromatic nitrogens is 2. The maximum Gasteiger partial charge on any atom is 0.408 e. The molecule has 10 atom stereocenters. The number of carboxylic acid groups (broad SMARTS) is 1. The summed E-state index contributed by atoms with van der Waals surface area (Å²) in [5.41, 5.74) is -2.12. The molecular formula is C90H116N10O19S2. The summed E-state index contributed by atoms with van der Waals surface area (Å²) >= 11 is 0. The maximum atomic E-state index is 14.8. The number of hydrogen-bond acceptors (Lipinski definition) is 20. The number of benzene rings is 4. The second-order valence-corrected chi connectivity index (χ2v) is 41.9. The Labute approximate surface area is 708 Å². The van der Waals surface area contributed by atoms with Crippen molar-refractivity contribution in [2.75, 3.05) is 27.3 Å². The van der Waals surface area contributed by atoms with Crippen LogP contribution in [0.1, 0.15) is 173 Å². The normalized spacial score (nSPS) is 23.6. The van der Waals surface area contributed by atoms with Gasteiger partial charge < -0.3 is 64.6 Å². The Hall–Kier alpha value is -10.4. The Bertz CT molecular complexity index is 5220. The Morgan fingerprint density at radius 2 is 0.934 bits per heavy atom. The second-order valence-electron chi connectivity index (χ2n) is 37.8. The average molecular weight is 1710 g/mol. The first kappa shape index (κ1) is 89.8. The molecule has 6 aliphatic carbocycles. The maximum absolute atomic E-state index is 14.8. The largest absolute Gasteiger partial charge is 0.497 e. The molecule has 6 saturated carbocycles. The van der Waals surface area contributed by atoms with E-state index in [1.807, 2.05) is 91.0 Å². The number of carbonyl (C=O) groups excluding carboxylic acids is 7. The molecule has 121 heavy (non-hydrogen) atoms. The minimum absolute atomic E-state index is 0.00883. The number of ether oxygens (including phenoxy) is 6. The van der Waals surface area contributed by atoms with E-state index < -0.39 is 159 Å². The van der Waals surface area contributed by atoms with Crippen LogP contribution < -0.4 is 50.1 Å². The summed E-state index contributed by atoms with van der Waals surface area (Å²) in [7, 11) is -4.13. The molecule has 0 bridgehead atoms. The molecule has 0 spiro atoms. The lowest BCUT2D eigenvalue weighted by molar-refractivity contribution is -0.146. The van der Waals surface area contributed by atoms with E-state index >= 15 is 0 Å². The van der Waals surface area contributed by atoms with Gasteiger partial charge in [0.2, 0.25) is 43.7 Å². The Kier molecular flexibility index (Phi) is 25.3. The molecule has 8 fully saturated rings. The summed E-state index contributed by atoms with van der Waals surface area (Å²) in [5.74, 6) is -2.17. The predicted octanol–water partition coefficient (Wildman–Crippen LogP) is 12.0. The molecule has 6 aromatic rings. The van der Waals surface area contributed by atoms with Crippen LogP contribution in [0.4, 0.5) is 9.59 Å². The molecule has 8 N–H and O–H groups in total. The highest BCUT2D eigenvalue weighted by atomic mass is 32.2. The molecule has 2 unspecified atom stereocenters. The summed E-state index contributed by atoms with van der Waals surface area (Å²) in [6, 6.07) is 29.2. The zero-order valence-corrected chi connectivity index (χ0v) is 73.2. The minimum Gasteiger partial charge on any atom is -0.497 e. The van der Waals surface area contributed by atoms with Crippen LogP contribution >= 0.6 is 0 Å². The smallest absolute Gasteiger partial charge is 0.408 e. The number of methoxy groups -OCH3 is 2. The Morgan fingerprint density at radius 3 is 1.26 bits per heavy atom. The first-order valence-corrected chi connectivity index (χ1v) is 44.4. The van der Waals surface area contributed by atoms with Gasteiger partial charge in [-0.05, 0) is 140 Å². The number of fused-ring (bicyclic) bond motifs is 2. The summed E-state index contributed by atoms with van der Waals surface area (Å²) in [4.78, 5) is 123. The number of amides is 7. The van der Waals surface area contributed by atoms with E-state index in [1.165, 1.54) is 34.8 Å². The van der Waals surface area contributed by atoms with Crippen molar-refractivity contribution in [3.63, 3.8) is 0 Å². The van der Waals surface area contributed by atoms with Gasteiger partial charge in [-0.2, -0.15) is 0 Å². The van der Waals surface area contributed by atoms with E-state index in [9.17, 15) is 60.3 Å². The fraction of sp³-hybridized carbons (Fsp3) is 0.533. The van der Waals surface area contributed by atoms with Gasteiger partial charge in [-0.15, -0.1) is 13.2 Å². The zero-order chi connectivity index (χ0) is 88.1. The average Bonchev–Trinajstić information content (AvgIpc) is 1.55. The van der Waals surface area contributed by atoms with Crippen LogP contribution in [0, 0.1) is 34.5 Å². The standard InChI is InChI=1S/C45H57N5O9S.C38H46N4O8.C7H13NO2S/c1-9-29-25-45(29,40(53)49-60(55,56)44(19-20-44)24-27-15-16-27)48-38(51)35-22-31(26-50(35)39(52)37(42(2,3)4)47-41(54)59-43(5,6)7)58-36-23-33(28-13-11-10-12-14-28)46-34-21-30(57-8)17-18-32(34)36;1-9-23-20-38(23,34(45)46)41-32(43)29-18-25(21-42(29)33(44)31(36(2,3)4)40-35(47)50-37(5,6)7)49-30-19-27(22-13-11-10-12-14-22)39-28-17-24(48-8)15-16-26(28)30;8-11(9,10)7(3-4-7)5-6-1-2-6/h9-14,17-18,21,23,27,29,31,35,37H,1,15-16,19-20,22,24-26H2,2-8H3,(H,47,54)(H,48,51)(H,49,53);9-17,19,23,25,29,31H,1,18,20-21H2,2-8H3,(H,40,47)(H,41,43)(H,45,46);6H,1-5H2,(H2,8,9,10)/t29?,31-,35+,37-,45-;23?,25-,29+,31-,38-;/m11./s1. The number of primary sulfonamides is 1. The topological polar surface area (TPSA) is 399 Å². The monoisotopic (exact) mass is 1700 g/mol. The number of sulfonamides is 2. The van der Waals surface area contributed by atoms with Crippen molar-refractivity contribution >= 4 is 89.5 Å². The number of likely N-dealkylation sites (tertiary alicyclic amines) is 2. The summed E-state index contributed by atoms with van der Waals surface area (Å²) in [5, 5.41) is 27.6. The van der Waals surface area contributed by atoms with Crippen molar-refractivity contribution in [3.05, 3.63) is 135 Å². The number of nitrogens with one attached hydrogen (secondary N) is 5. The number of nitrogens with two attached hydrogens (primary N) is 1.